The maximum atomic E-state index is 14.6. The zero-order chi connectivity index (χ0) is 19.8. The van der Waals surface area contributed by atoms with E-state index < -0.39 is 22.9 Å². The molecule has 0 aliphatic carbocycles. The van der Waals surface area contributed by atoms with Crippen molar-refractivity contribution in [2.45, 2.75) is 22.9 Å². The Labute approximate surface area is 169 Å². The number of rotatable bonds is 5. The van der Waals surface area contributed by atoms with Crippen molar-refractivity contribution in [2.75, 3.05) is 25.1 Å². The number of nitrogens with one attached hydrogen (secondary N) is 1. The van der Waals surface area contributed by atoms with Crippen LogP contribution in [0, 0.1) is 4.77 Å². The maximum absolute atomic E-state index is 14.6. The van der Waals surface area contributed by atoms with Crippen molar-refractivity contribution in [3.8, 4) is 17.2 Å². The number of halogens is 1. The Morgan fingerprint density at radius 1 is 1.43 bits per heavy atom. The number of nitrogens with two attached hydrogens (primary N) is 1. The van der Waals surface area contributed by atoms with E-state index in [1.807, 2.05) is 0 Å². The molecule has 11 heteroatoms. The van der Waals surface area contributed by atoms with E-state index in [1.165, 1.54) is 4.57 Å². The molecule has 2 aliphatic heterocycles. The molecule has 4 rings (SSSR count). The zero-order valence-corrected chi connectivity index (χ0v) is 16.3. The molecule has 0 saturated carbocycles. The topological polar surface area (TPSA) is 115 Å². The summed E-state index contributed by atoms with van der Waals surface area (Å²) in [5.41, 5.74) is 6.10. The van der Waals surface area contributed by atoms with Gasteiger partial charge in [0.1, 0.15) is 29.5 Å². The minimum atomic E-state index is -1.59. The van der Waals surface area contributed by atoms with Gasteiger partial charge in [0.15, 0.2) is 23.5 Å². The summed E-state index contributed by atoms with van der Waals surface area (Å²) in [5, 5.41) is 21.0. The van der Waals surface area contributed by atoms with E-state index in [-0.39, 0.29) is 11.4 Å². The smallest absolute Gasteiger partial charge is 0.202 e. The molecule has 5 N–H and O–H groups in total. The van der Waals surface area contributed by atoms with Crippen molar-refractivity contribution < 1.29 is 24.1 Å². The molecule has 1 aromatic heterocycles. The van der Waals surface area contributed by atoms with Gasteiger partial charge in [0.2, 0.25) is 4.77 Å². The van der Waals surface area contributed by atoms with E-state index >= 15 is 0 Å². The van der Waals surface area contributed by atoms with Crippen LogP contribution in [0.3, 0.4) is 0 Å². The van der Waals surface area contributed by atoms with Crippen molar-refractivity contribution in [2.24, 2.45) is 5.73 Å². The summed E-state index contributed by atoms with van der Waals surface area (Å²) in [6.07, 6.45) is -1.31. The normalized spacial score (nSPS) is 25.4. The molecule has 2 aliphatic rings. The van der Waals surface area contributed by atoms with Gasteiger partial charge in [-0.1, -0.05) is 6.07 Å². The number of aromatic nitrogens is 2. The molecule has 4 atom stereocenters. The third kappa shape index (κ3) is 3.33. The van der Waals surface area contributed by atoms with Crippen LogP contribution in [0.5, 0.6) is 17.2 Å². The lowest BCUT2D eigenvalue weighted by molar-refractivity contribution is 0.0633. The summed E-state index contributed by atoms with van der Waals surface area (Å²) < 4.78 is 27.7. The number of anilines is 2. The highest BCUT2D eigenvalue weighted by molar-refractivity contribution is 8.00. The highest BCUT2D eigenvalue weighted by Gasteiger charge is 2.44. The summed E-state index contributed by atoms with van der Waals surface area (Å²) in [7, 11) is 0. The molecule has 0 amide bonds. The molecule has 28 heavy (non-hydrogen) atoms. The second-order valence-electron chi connectivity index (χ2n) is 6.32. The standard InChI is InChI=1S/C17H19FN4O4S2/c18-12-14(24)11(7-23)28-16(12)22-6-10-15(21-17(22)27)20-13-8(25-5-4-19)2-1-3-9(13)26-10/h1-3,6,11-12,14,16,23-24H,4-5,7,19H2,(H,20,21,27)/t11-,12-,14+,16-/m1/s1. The molecule has 2 aromatic rings. The van der Waals surface area contributed by atoms with Crippen LogP contribution in [0.2, 0.25) is 0 Å². The minimum Gasteiger partial charge on any atom is -0.490 e. The number of benzene rings is 1. The van der Waals surface area contributed by atoms with Crippen molar-refractivity contribution in [3.63, 3.8) is 0 Å². The van der Waals surface area contributed by atoms with Gasteiger partial charge >= 0.3 is 0 Å². The lowest BCUT2D eigenvalue weighted by Crippen LogP contribution is -2.30. The average molecular weight is 426 g/mol. The highest BCUT2D eigenvalue weighted by atomic mass is 32.2. The lowest BCUT2D eigenvalue weighted by atomic mass is 10.1. The van der Waals surface area contributed by atoms with Crippen molar-refractivity contribution in [1.29, 1.82) is 0 Å². The zero-order valence-electron chi connectivity index (χ0n) is 14.6. The van der Waals surface area contributed by atoms with Crippen molar-refractivity contribution >= 4 is 35.5 Å². The molecule has 3 heterocycles. The Morgan fingerprint density at radius 2 is 2.25 bits per heavy atom. The van der Waals surface area contributed by atoms with Gasteiger partial charge in [-0.25, -0.2) is 4.39 Å². The summed E-state index contributed by atoms with van der Waals surface area (Å²) in [4.78, 5) is 4.33. The largest absolute Gasteiger partial charge is 0.490 e. The Bertz CT molecular complexity index is 944. The van der Waals surface area contributed by atoms with Gasteiger partial charge < -0.3 is 35.3 Å². The van der Waals surface area contributed by atoms with Crippen LogP contribution in [0.15, 0.2) is 24.4 Å². The van der Waals surface area contributed by atoms with Crippen LogP contribution < -0.4 is 20.5 Å². The van der Waals surface area contributed by atoms with Gasteiger partial charge in [0.05, 0.1) is 18.1 Å². The first-order chi connectivity index (χ1) is 13.5. The molecule has 1 fully saturated rings. The van der Waals surface area contributed by atoms with Gasteiger partial charge in [0.25, 0.3) is 0 Å². The van der Waals surface area contributed by atoms with Crippen molar-refractivity contribution in [1.82, 2.24) is 9.55 Å². The minimum absolute atomic E-state index is 0.129. The number of hydrogen-bond donors (Lipinski definition) is 4. The monoisotopic (exact) mass is 426 g/mol. The molecule has 1 aromatic carbocycles. The fraction of sp³-hybridized carbons (Fsp3) is 0.412. The first kappa shape index (κ1) is 19.4. The maximum Gasteiger partial charge on any atom is 0.202 e. The van der Waals surface area contributed by atoms with E-state index in [2.05, 4.69) is 10.3 Å². The van der Waals surface area contributed by atoms with Gasteiger partial charge in [0, 0.05) is 6.54 Å². The summed E-state index contributed by atoms with van der Waals surface area (Å²) >= 11 is 6.44. The Balaban J connectivity index is 1.67. The van der Waals surface area contributed by atoms with Crippen LogP contribution in [-0.2, 0) is 0 Å². The summed E-state index contributed by atoms with van der Waals surface area (Å²) in [5.74, 6) is 1.85. The molecular formula is C17H19FN4O4S2. The third-order valence-corrected chi connectivity index (χ3v) is 6.34. The fourth-order valence-corrected chi connectivity index (χ4v) is 4.80. The Morgan fingerprint density at radius 3 is 2.96 bits per heavy atom. The third-order valence-electron chi connectivity index (χ3n) is 4.49. The summed E-state index contributed by atoms with van der Waals surface area (Å²) in [6, 6.07) is 5.33. The molecule has 8 nitrogen and oxygen atoms in total. The van der Waals surface area contributed by atoms with Crippen LogP contribution >= 0.6 is 24.0 Å². The van der Waals surface area contributed by atoms with Gasteiger partial charge in [-0.15, -0.1) is 11.8 Å². The SMILES string of the molecule is NCCOc1cccc2c1Nc1nc(=S)n([C@@H]3S[C@H](CO)[C@H](O)[C@H]3F)cc1O2. The van der Waals surface area contributed by atoms with Gasteiger partial charge in [-0.2, -0.15) is 4.98 Å². The Hall–Kier alpha value is -1.92. The predicted molar refractivity (Wildman–Crippen MR) is 106 cm³/mol. The van der Waals surface area contributed by atoms with E-state index in [1.54, 1.807) is 24.4 Å². The van der Waals surface area contributed by atoms with Crippen LogP contribution in [0.4, 0.5) is 15.9 Å². The van der Waals surface area contributed by atoms with Crippen LogP contribution in [0.25, 0.3) is 0 Å². The first-order valence-corrected chi connectivity index (χ1v) is 10.0. The number of fused-ring (bicyclic) bond motifs is 2. The van der Waals surface area contributed by atoms with E-state index in [9.17, 15) is 14.6 Å². The molecule has 0 unspecified atom stereocenters. The molecule has 0 spiro atoms. The quantitative estimate of drug-likeness (QED) is 0.455. The predicted octanol–water partition coefficient (Wildman–Crippen LogP) is 2.10. The number of thioether (sulfide) groups is 1. The number of nitrogens with zero attached hydrogens (tertiary/aromatic N) is 2. The second-order valence-corrected chi connectivity index (χ2v) is 8.05. The highest BCUT2D eigenvalue weighted by Crippen LogP contribution is 2.48. The number of aliphatic hydroxyl groups is 2. The van der Waals surface area contributed by atoms with E-state index in [0.717, 1.165) is 11.8 Å². The Kier molecular flexibility index (Phi) is 5.43. The number of hydrogen-bond acceptors (Lipinski definition) is 9. The van der Waals surface area contributed by atoms with Crippen molar-refractivity contribution in [3.05, 3.63) is 29.2 Å². The van der Waals surface area contributed by atoms with Crippen LogP contribution in [-0.4, -0.2) is 57.0 Å². The van der Waals surface area contributed by atoms with Gasteiger partial charge in [-0.05, 0) is 24.4 Å². The lowest BCUT2D eigenvalue weighted by Gasteiger charge is -2.25. The van der Waals surface area contributed by atoms with Crippen LogP contribution in [0.1, 0.15) is 5.37 Å². The second kappa shape index (κ2) is 7.84. The van der Waals surface area contributed by atoms with E-state index in [0.29, 0.717) is 41.9 Å². The van der Waals surface area contributed by atoms with E-state index in [4.69, 9.17) is 27.4 Å². The number of alkyl halides is 1. The number of ether oxygens (including phenoxy) is 2. The molecule has 150 valence electrons. The molecule has 1 saturated heterocycles. The number of aliphatic hydroxyl groups excluding tert-OH is 2. The fourth-order valence-electron chi connectivity index (χ4n) is 3.12. The average Bonchev–Trinajstić information content (AvgIpc) is 2.98. The molecular weight excluding hydrogens is 407 g/mol. The molecule has 0 radical (unpaired) electrons. The summed E-state index contributed by atoms with van der Waals surface area (Å²) in [6.45, 7) is 0.399. The van der Waals surface area contributed by atoms with Gasteiger partial charge in [-0.3, -0.25) is 0 Å². The molecule has 0 bridgehead atoms. The first-order valence-electron chi connectivity index (χ1n) is 8.66. The number of para-hydroxylation sites is 1.